The molecule has 1 aliphatic heterocycles. The molecule has 148 valence electrons. The zero-order valence-corrected chi connectivity index (χ0v) is 15.6. The summed E-state index contributed by atoms with van der Waals surface area (Å²) < 4.78 is 40.6. The van der Waals surface area contributed by atoms with Gasteiger partial charge in [0.1, 0.15) is 23.1 Å². The number of benzene rings is 1. The highest BCUT2D eigenvalue weighted by Crippen LogP contribution is 2.22. The maximum absolute atomic E-state index is 13.8. The van der Waals surface area contributed by atoms with E-state index in [0.29, 0.717) is 12.1 Å². The summed E-state index contributed by atoms with van der Waals surface area (Å²) >= 11 is 0. The van der Waals surface area contributed by atoms with E-state index >= 15 is 0 Å². The Hall–Kier alpha value is -2.54. The molecule has 28 heavy (non-hydrogen) atoms. The molecular weight excluding hydrogens is 369 g/mol. The van der Waals surface area contributed by atoms with Crippen LogP contribution in [0.5, 0.6) is 0 Å². The van der Waals surface area contributed by atoms with Crippen LogP contribution >= 0.6 is 0 Å². The average Bonchev–Trinajstić information content (AvgIpc) is 2.67. The number of likely N-dealkylation sites (tertiary alicyclic amines) is 1. The van der Waals surface area contributed by atoms with Gasteiger partial charge in [-0.2, -0.15) is 0 Å². The molecule has 1 aliphatic rings. The van der Waals surface area contributed by atoms with Gasteiger partial charge in [-0.1, -0.05) is 13.0 Å². The second kappa shape index (κ2) is 8.65. The summed E-state index contributed by atoms with van der Waals surface area (Å²) in [7, 11) is 0. The Bertz CT molecular complexity index is 870. The first kappa shape index (κ1) is 20.2. The fourth-order valence-electron chi connectivity index (χ4n) is 3.50. The molecule has 0 saturated carbocycles. The molecule has 0 spiro atoms. The molecule has 3 rings (SSSR count). The zero-order valence-electron chi connectivity index (χ0n) is 15.6. The maximum Gasteiger partial charge on any atom is 0.184 e. The van der Waals surface area contributed by atoms with E-state index in [1.54, 1.807) is 12.1 Å². The number of nitrogens with zero attached hydrogens (tertiary/aromatic N) is 2. The van der Waals surface area contributed by atoms with Gasteiger partial charge in [0.15, 0.2) is 11.6 Å². The van der Waals surface area contributed by atoms with Gasteiger partial charge in [-0.25, -0.2) is 18.2 Å². The minimum atomic E-state index is -1.25. The smallest absolute Gasteiger partial charge is 0.184 e. The van der Waals surface area contributed by atoms with E-state index in [1.807, 2.05) is 0 Å². The van der Waals surface area contributed by atoms with Gasteiger partial charge in [0.05, 0.1) is 12.0 Å². The fourth-order valence-corrected chi connectivity index (χ4v) is 3.50. The van der Waals surface area contributed by atoms with Gasteiger partial charge in [-0.15, -0.1) is 0 Å². The minimum Gasteiger partial charge on any atom is -0.304 e. The first-order valence-electron chi connectivity index (χ1n) is 9.29. The maximum atomic E-state index is 13.8. The molecule has 0 aliphatic carbocycles. The van der Waals surface area contributed by atoms with E-state index in [-0.39, 0.29) is 29.5 Å². The van der Waals surface area contributed by atoms with Gasteiger partial charge >= 0.3 is 0 Å². The summed E-state index contributed by atoms with van der Waals surface area (Å²) in [5.74, 6) is -4.65. The number of carbonyl (C=O) groups is 2. The first-order chi connectivity index (χ1) is 13.4. The molecule has 1 fully saturated rings. The molecule has 1 aromatic heterocycles. The topological polar surface area (TPSA) is 50.3 Å². The predicted molar refractivity (Wildman–Crippen MR) is 97.8 cm³/mol. The Balaban J connectivity index is 1.73. The Kier molecular flexibility index (Phi) is 6.24. The normalized spacial score (nSPS) is 15.6. The highest BCUT2D eigenvalue weighted by molar-refractivity contribution is 5.98. The summed E-state index contributed by atoms with van der Waals surface area (Å²) in [5.41, 5.74) is -0.308. The number of halogens is 3. The van der Waals surface area contributed by atoms with Gasteiger partial charge in [-0.05, 0) is 44.6 Å². The van der Waals surface area contributed by atoms with Crippen molar-refractivity contribution in [2.24, 2.45) is 5.92 Å². The van der Waals surface area contributed by atoms with E-state index in [9.17, 15) is 22.8 Å². The van der Waals surface area contributed by atoms with Crippen molar-refractivity contribution >= 4 is 11.6 Å². The third-order valence-electron chi connectivity index (χ3n) is 5.09. The fraction of sp³-hybridized carbons (Fsp3) is 0.381. The lowest BCUT2D eigenvalue weighted by Gasteiger charge is -2.30. The minimum absolute atomic E-state index is 0.0794. The molecule has 1 saturated heterocycles. The monoisotopic (exact) mass is 390 g/mol. The highest BCUT2D eigenvalue weighted by Gasteiger charge is 2.26. The lowest BCUT2D eigenvalue weighted by Crippen LogP contribution is -2.36. The molecule has 0 N–H and O–H groups in total. The lowest BCUT2D eigenvalue weighted by molar-refractivity contribution is 0.0837. The Morgan fingerprint density at radius 2 is 1.75 bits per heavy atom. The molecule has 1 aromatic carbocycles. The summed E-state index contributed by atoms with van der Waals surface area (Å²) in [5, 5.41) is 0. The molecule has 0 radical (unpaired) electrons. The number of carbonyl (C=O) groups excluding carboxylic acids is 2. The van der Waals surface area contributed by atoms with Crippen LogP contribution in [0.1, 0.15) is 46.3 Å². The van der Waals surface area contributed by atoms with Crippen LogP contribution in [0.15, 0.2) is 30.3 Å². The highest BCUT2D eigenvalue weighted by atomic mass is 19.1. The van der Waals surface area contributed by atoms with Crippen LogP contribution in [0, 0.1) is 23.4 Å². The number of Topliss-reactive ketones (excluding diaryl/α,β-unsaturated/α-hetero) is 2. The molecular formula is C21H21F3N2O2. The van der Waals surface area contributed by atoms with Crippen molar-refractivity contribution in [2.45, 2.75) is 26.2 Å². The largest absolute Gasteiger partial charge is 0.304 e. The number of rotatable bonds is 6. The number of hydrogen-bond acceptors (Lipinski definition) is 4. The van der Waals surface area contributed by atoms with E-state index in [2.05, 4.69) is 16.8 Å². The average molecular weight is 390 g/mol. The number of pyridine rings is 1. The van der Waals surface area contributed by atoms with E-state index in [4.69, 9.17) is 0 Å². The summed E-state index contributed by atoms with van der Waals surface area (Å²) in [4.78, 5) is 31.5. The van der Waals surface area contributed by atoms with Crippen molar-refractivity contribution in [1.82, 2.24) is 9.88 Å². The van der Waals surface area contributed by atoms with Crippen LogP contribution in [-0.4, -0.2) is 41.1 Å². The van der Waals surface area contributed by atoms with Crippen molar-refractivity contribution in [2.75, 3.05) is 19.6 Å². The predicted octanol–water partition coefficient (Wildman–Crippen LogP) is 3.84. The van der Waals surface area contributed by atoms with Crippen molar-refractivity contribution < 1.29 is 22.8 Å². The molecule has 4 nitrogen and oxygen atoms in total. The summed E-state index contributed by atoms with van der Waals surface area (Å²) in [6, 6.07) is 5.63. The standard InChI is InChI=1S/C21H21F3N2O2/c1-2-26-8-6-13(7-9-26)21(28)18-5-3-4-15(25-18)12-19(27)20-16(23)10-14(22)11-17(20)24/h3-5,10-11,13H,2,6-9,12H2,1H3. The van der Waals surface area contributed by atoms with E-state index in [1.165, 1.54) is 6.07 Å². The first-order valence-corrected chi connectivity index (χ1v) is 9.29. The number of piperidine rings is 1. The number of hydrogen-bond donors (Lipinski definition) is 0. The van der Waals surface area contributed by atoms with Crippen LogP contribution in [0.4, 0.5) is 13.2 Å². The van der Waals surface area contributed by atoms with Gasteiger partial charge in [0.2, 0.25) is 0 Å². The zero-order chi connectivity index (χ0) is 20.3. The van der Waals surface area contributed by atoms with Crippen molar-refractivity contribution in [1.29, 1.82) is 0 Å². The SMILES string of the molecule is CCN1CCC(C(=O)c2cccc(CC(=O)c3c(F)cc(F)cc3F)n2)CC1. The van der Waals surface area contributed by atoms with Crippen molar-refractivity contribution in [3.8, 4) is 0 Å². The van der Waals surface area contributed by atoms with Gasteiger partial charge in [-0.3, -0.25) is 9.59 Å². The number of aromatic nitrogens is 1. The summed E-state index contributed by atoms with van der Waals surface area (Å²) in [6.45, 7) is 4.74. The van der Waals surface area contributed by atoms with Crippen LogP contribution in [0.25, 0.3) is 0 Å². The van der Waals surface area contributed by atoms with Crippen LogP contribution in [-0.2, 0) is 6.42 Å². The van der Waals surface area contributed by atoms with Crippen LogP contribution < -0.4 is 0 Å². The second-order valence-corrected chi connectivity index (χ2v) is 6.93. The lowest BCUT2D eigenvalue weighted by atomic mass is 9.90. The van der Waals surface area contributed by atoms with Crippen molar-refractivity contribution in [3.63, 3.8) is 0 Å². The Morgan fingerprint density at radius 3 is 2.36 bits per heavy atom. The Morgan fingerprint density at radius 1 is 1.11 bits per heavy atom. The van der Waals surface area contributed by atoms with E-state index < -0.39 is 28.8 Å². The van der Waals surface area contributed by atoms with Crippen LogP contribution in [0.2, 0.25) is 0 Å². The molecule has 0 amide bonds. The van der Waals surface area contributed by atoms with Crippen LogP contribution in [0.3, 0.4) is 0 Å². The van der Waals surface area contributed by atoms with E-state index in [0.717, 1.165) is 32.5 Å². The molecule has 2 heterocycles. The van der Waals surface area contributed by atoms with Gasteiger partial charge in [0, 0.05) is 23.7 Å². The Labute approximate surface area is 161 Å². The summed E-state index contributed by atoms with van der Waals surface area (Å²) in [6.07, 6.45) is 1.13. The van der Waals surface area contributed by atoms with Crippen molar-refractivity contribution in [3.05, 3.63) is 64.7 Å². The molecule has 0 unspecified atom stereocenters. The third-order valence-corrected chi connectivity index (χ3v) is 5.09. The third kappa shape index (κ3) is 4.47. The quantitative estimate of drug-likeness (QED) is 0.704. The van der Waals surface area contributed by atoms with Gasteiger partial charge in [0.25, 0.3) is 0 Å². The molecule has 7 heteroatoms. The second-order valence-electron chi connectivity index (χ2n) is 6.93. The number of ketones is 2. The molecule has 2 aromatic rings. The molecule has 0 atom stereocenters. The molecule has 0 bridgehead atoms. The van der Waals surface area contributed by atoms with Gasteiger partial charge < -0.3 is 4.90 Å².